The van der Waals surface area contributed by atoms with Gasteiger partial charge in [0.1, 0.15) is 5.75 Å². The maximum atomic E-state index is 12.4. The third-order valence-electron chi connectivity index (χ3n) is 3.40. The Labute approximate surface area is 153 Å². The second kappa shape index (κ2) is 8.88. The predicted octanol–water partition coefficient (Wildman–Crippen LogP) is 3.70. The van der Waals surface area contributed by atoms with Crippen molar-refractivity contribution < 1.29 is 32.2 Å². The van der Waals surface area contributed by atoms with Crippen molar-refractivity contribution in [1.29, 1.82) is 0 Å². The first-order chi connectivity index (χ1) is 12.8. The van der Waals surface area contributed by atoms with Crippen molar-refractivity contribution in [3.63, 3.8) is 0 Å². The van der Waals surface area contributed by atoms with E-state index in [0.717, 1.165) is 17.7 Å². The highest BCUT2D eigenvalue weighted by molar-refractivity contribution is 5.92. The Balaban J connectivity index is 1.95. The lowest BCUT2D eigenvalue weighted by Gasteiger charge is -2.11. The molecule has 0 bridgehead atoms. The molecule has 2 rings (SSSR count). The van der Waals surface area contributed by atoms with Gasteiger partial charge in [0.2, 0.25) is 5.91 Å². The summed E-state index contributed by atoms with van der Waals surface area (Å²) in [5, 5.41) is 2.59. The van der Waals surface area contributed by atoms with Crippen LogP contribution in [0.4, 0.5) is 13.2 Å². The van der Waals surface area contributed by atoms with E-state index in [4.69, 9.17) is 0 Å². The lowest BCUT2D eigenvalue weighted by Crippen LogP contribution is -2.20. The zero-order chi connectivity index (χ0) is 19.9. The molecule has 0 radical (unpaired) electrons. The van der Waals surface area contributed by atoms with Crippen LogP contribution in [0, 0.1) is 0 Å². The van der Waals surface area contributed by atoms with Crippen LogP contribution in [-0.4, -0.2) is 25.3 Å². The number of hydrogen-bond donors (Lipinski definition) is 1. The Kier molecular flexibility index (Phi) is 6.59. The second-order valence-electron chi connectivity index (χ2n) is 5.33. The van der Waals surface area contributed by atoms with E-state index >= 15 is 0 Å². The molecule has 5 nitrogen and oxygen atoms in total. The Hall–Kier alpha value is -3.29. The molecule has 1 amide bonds. The van der Waals surface area contributed by atoms with Crippen LogP contribution in [0.15, 0.2) is 54.6 Å². The third kappa shape index (κ3) is 6.50. The van der Waals surface area contributed by atoms with Crippen molar-refractivity contribution in [3.8, 4) is 5.75 Å². The van der Waals surface area contributed by atoms with Crippen molar-refractivity contribution in [2.75, 3.05) is 7.11 Å². The van der Waals surface area contributed by atoms with Crippen molar-refractivity contribution in [2.24, 2.45) is 0 Å². The van der Waals surface area contributed by atoms with Crippen molar-refractivity contribution in [2.45, 2.75) is 12.9 Å². The molecule has 0 aliphatic rings. The van der Waals surface area contributed by atoms with Crippen LogP contribution < -0.4 is 10.1 Å². The summed E-state index contributed by atoms with van der Waals surface area (Å²) in [6.45, 7) is 0.186. The van der Waals surface area contributed by atoms with E-state index in [2.05, 4.69) is 14.8 Å². The Morgan fingerprint density at radius 3 is 2.37 bits per heavy atom. The van der Waals surface area contributed by atoms with E-state index in [1.54, 1.807) is 24.3 Å². The van der Waals surface area contributed by atoms with Gasteiger partial charge in [0.05, 0.1) is 12.7 Å². The molecule has 1 N–H and O–H groups in total. The van der Waals surface area contributed by atoms with E-state index in [1.807, 2.05) is 0 Å². The Morgan fingerprint density at radius 1 is 1.07 bits per heavy atom. The highest BCUT2D eigenvalue weighted by atomic mass is 19.4. The average molecular weight is 379 g/mol. The number of amides is 1. The van der Waals surface area contributed by atoms with Gasteiger partial charge < -0.3 is 14.8 Å². The number of para-hydroxylation sites is 1. The molecule has 142 valence electrons. The normalized spacial score (nSPS) is 11.3. The topological polar surface area (TPSA) is 64.6 Å². The molecule has 27 heavy (non-hydrogen) atoms. The van der Waals surface area contributed by atoms with Gasteiger partial charge in [0.15, 0.2) is 0 Å². The molecule has 0 spiro atoms. The summed E-state index contributed by atoms with van der Waals surface area (Å²) in [5.74, 6) is -1.35. The number of carbonyl (C=O) groups is 2. The quantitative estimate of drug-likeness (QED) is 0.614. The van der Waals surface area contributed by atoms with Gasteiger partial charge >= 0.3 is 12.3 Å². The summed E-state index contributed by atoms with van der Waals surface area (Å²) in [7, 11) is 1.28. The lowest BCUT2D eigenvalue weighted by molar-refractivity contribution is -0.274. The van der Waals surface area contributed by atoms with Crippen LogP contribution in [0.2, 0.25) is 0 Å². The number of nitrogens with one attached hydrogen (secondary N) is 1. The maximum Gasteiger partial charge on any atom is 0.573 e. The molecular weight excluding hydrogens is 363 g/mol. The number of carbonyl (C=O) groups excluding carboxylic acids is 2. The van der Waals surface area contributed by atoms with Crippen molar-refractivity contribution >= 4 is 18.0 Å². The standard InChI is InChI=1S/C19H16F3NO4/c1-26-18(25)15-8-6-13(7-9-15)12-23-17(24)11-10-14-4-2-3-5-16(14)27-19(20,21)22/h2-11H,12H2,1H3,(H,23,24)/b11-10+. The third-order valence-corrected chi connectivity index (χ3v) is 3.40. The highest BCUT2D eigenvalue weighted by Gasteiger charge is 2.31. The van der Waals surface area contributed by atoms with E-state index in [0.29, 0.717) is 5.56 Å². The van der Waals surface area contributed by atoms with Gasteiger partial charge in [-0.3, -0.25) is 4.79 Å². The highest BCUT2D eigenvalue weighted by Crippen LogP contribution is 2.26. The summed E-state index contributed by atoms with van der Waals surface area (Å²) in [4.78, 5) is 23.2. The minimum Gasteiger partial charge on any atom is -0.465 e. The molecule has 8 heteroatoms. The monoisotopic (exact) mass is 379 g/mol. The largest absolute Gasteiger partial charge is 0.573 e. The number of rotatable bonds is 6. The molecule has 0 fully saturated rings. The zero-order valence-electron chi connectivity index (χ0n) is 14.2. The smallest absolute Gasteiger partial charge is 0.465 e. The average Bonchev–Trinajstić information content (AvgIpc) is 2.64. The molecule has 0 atom stereocenters. The van der Waals surface area contributed by atoms with Gasteiger partial charge in [-0.1, -0.05) is 30.3 Å². The van der Waals surface area contributed by atoms with Gasteiger partial charge in [-0.05, 0) is 29.8 Å². The molecule has 2 aromatic carbocycles. The number of benzene rings is 2. The number of esters is 1. The summed E-state index contributed by atoms with van der Waals surface area (Å²) in [5.41, 5.74) is 1.24. The molecule has 0 aliphatic heterocycles. The fourth-order valence-electron chi connectivity index (χ4n) is 2.13. The Bertz CT molecular complexity index is 830. The molecule has 0 saturated heterocycles. The number of ether oxygens (including phenoxy) is 2. The Morgan fingerprint density at radius 2 is 1.74 bits per heavy atom. The zero-order valence-corrected chi connectivity index (χ0v) is 14.2. The fraction of sp³-hybridized carbons (Fsp3) is 0.158. The molecule has 0 aliphatic carbocycles. The van der Waals surface area contributed by atoms with E-state index in [1.165, 1.54) is 31.4 Å². The summed E-state index contributed by atoms with van der Waals surface area (Å²) >= 11 is 0. The lowest BCUT2D eigenvalue weighted by atomic mass is 10.1. The van der Waals surface area contributed by atoms with Gasteiger partial charge in [0.25, 0.3) is 0 Å². The number of halogens is 3. The minimum atomic E-state index is -4.82. The van der Waals surface area contributed by atoms with Crippen LogP contribution in [0.5, 0.6) is 5.75 Å². The van der Waals surface area contributed by atoms with Crippen molar-refractivity contribution in [1.82, 2.24) is 5.32 Å². The fourth-order valence-corrected chi connectivity index (χ4v) is 2.13. The van der Waals surface area contributed by atoms with E-state index in [9.17, 15) is 22.8 Å². The van der Waals surface area contributed by atoms with Crippen LogP contribution in [0.3, 0.4) is 0 Å². The number of alkyl halides is 3. The van der Waals surface area contributed by atoms with Gasteiger partial charge in [-0.15, -0.1) is 13.2 Å². The van der Waals surface area contributed by atoms with E-state index in [-0.39, 0.29) is 12.1 Å². The summed E-state index contributed by atoms with van der Waals surface area (Å²) < 4.78 is 45.6. The molecule has 0 saturated carbocycles. The molecular formula is C19H16F3NO4. The van der Waals surface area contributed by atoms with Crippen LogP contribution in [0.25, 0.3) is 6.08 Å². The van der Waals surface area contributed by atoms with Crippen LogP contribution in [0.1, 0.15) is 21.5 Å². The first-order valence-corrected chi connectivity index (χ1v) is 7.76. The SMILES string of the molecule is COC(=O)c1ccc(CNC(=O)/C=C/c2ccccc2OC(F)(F)F)cc1. The second-order valence-corrected chi connectivity index (χ2v) is 5.33. The van der Waals surface area contributed by atoms with Crippen molar-refractivity contribution in [3.05, 3.63) is 71.3 Å². The minimum absolute atomic E-state index is 0.118. The summed E-state index contributed by atoms with van der Waals surface area (Å²) in [6.07, 6.45) is -2.47. The first kappa shape index (κ1) is 20.0. The molecule has 0 unspecified atom stereocenters. The van der Waals surface area contributed by atoms with Crippen LogP contribution in [-0.2, 0) is 16.1 Å². The molecule has 2 aromatic rings. The van der Waals surface area contributed by atoms with Gasteiger partial charge in [-0.25, -0.2) is 4.79 Å². The van der Waals surface area contributed by atoms with Gasteiger partial charge in [0, 0.05) is 18.2 Å². The molecule has 0 aromatic heterocycles. The van der Waals surface area contributed by atoms with E-state index < -0.39 is 24.0 Å². The molecule has 0 heterocycles. The number of hydrogen-bond acceptors (Lipinski definition) is 4. The van der Waals surface area contributed by atoms with Gasteiger partial charge in [-0.2, -0.15) is 0 Å². The summed E-state index contributed by atoms with van der Waals surface area (Å²) in [6, 6.07) is 11.9. The predicted molar refractivity (Wildman–Crippen MR) is 91.8 cm³/mol. The van der Waals surface area contributed by atoms with Crippen LogP contribution >= 0.6 is 0 Å². The first-order valence-electron chi connectivity index (χ1n) is 7.76. The maximum absolute atomic E-state index is 12.4. The number of methoxy groups -OCH3 is 1.